The van der Waals surface area contributed by atoms with Gasteiger partial charge in [0.1, 0.15) is 0 Å². The molecular formula is C22H23N5O2. The van der Waals surface area contributed by atoms with Gasteiger partial charge in [0.25, 0.3) is 11.8 Å². The molecule has 0 atom stereocenters. The number of rotatable bonds is 5. The molecule has 3 aromatic rings. The van der Waals surface area contributed by atoms with Gasteiger partial charge in [0.2, 0.25) is 0 Å². The Morgan fingerprint density at radius 2 is 1.69 bits per heavy atom. The zero-order valence-electron chi connectivity index (χ0n) is 16.7. The van der Waals surface area contributed by atoms with Crippen LogP contribution in [0.1, 0.15) is 50.5 Å². The predicted molar refractivity (Wildman–Crippen MR) is 110 cm³/mol. The van der Waals surface area contributed by atoms with Crippen LogP contribution < -0.4 is 10.6 Å². The molecule has 1 aliphatic carbocycles. The van der Waals surface area contributed by atoms with Gasteiger partial charge in [-0.25, -0.2) is 0 Å². The van der Waals surface area contributed by atoms with Crippen LogP contribution in [-0.4, -0.2) is 32.9 Å². The Balaban J connectivity index is 1.48. The number of nitrogens with zero attached hydrogens (tertiary/aromatic N) is 3. The molecule has 0 spiro atoms. The van der Waals surface area contributed by atoms with E-state index in [9.17, 15) is 9.59 Å². The van der Waals surface area contributed by atoms with E-state index < -0.39 is 0 Å². The van der Waals surface area contributed by atoms with Crippen molar-refractivity contribution in [2.45, 2.75) is 39.7 Å². The van der Waals surface area contributed by atoms with Crippen LogP contribution in [0.5, 0.6) is 0 Å². The maximum absolute atomic E-state index is 12.7. The summed E-state index contributed by atoms with van der Waals surface area (Å²) in [7, 11) is 0. The minimum atomic E-state index is -0.339. The molecule has 2 aromatic carbocycles. The summed E-state index contributed by atoms with van der Waals surface area (Å²) in [6.45, 7) is 5.77. The topological polar surface area (TPSA) is 88.9 Å². The van der Waals surface area contributed by atoms with Crippen molar-refractivity contribution in [3.63, 3.8) is 0 Å². The number of benzene rings is 2. The lowest BCUT2D eigenvalue weighted by atomic mass is 10.1. The number of nitrogens with one attached hydrogen (secondary N) is 2. The average Bonchev–Trinajstić information content (AvgIpc) is 3.41. The van der Waals surface area contributed by atoms with Crippen LogP contribution in [0.4, 0.5) is 5.69 Å². The molecule has 1 fully saturated rings. The van der Waals surface area contributed by atoms with E-state index in [1.54, 1.807) is 31.2 Å². The molecular weight excluding hydrogens is 366 g/mol. The Hall–Kier alpha value is -3.48. The molecule has 0 bridgehead atoms. The first-order valence-corrected chi connectivity index (χ1v) is 9.64. The molecule has 0 saturated heterocycles. The van der Waals surface area contributed by atoms with Crippen molar-refractivity contribution in [3.05, 3.63) is 70.5 Å². The summed E-state index contributed by atoms with van der Waals surface area (Å²) in [5.74, 6) is -0.425. The van der Waals surface area contributed by atoms with Gasteiger partial charge in [-0.2, -0.15) is 9.90 Å². The zero-order chi connectivity index (χ0) is 20.5. The fourth-order valence-electron chi connectivity index (χ4n) is 3.12. The highest BCUT2D eigenvalue weighted by Crippen LogP contribution is 2.20. The summed E-state index contributed by atoms with van der Waals surface area (Å²) in [4.78, 5) is 26.2. The summed E-state index contributed by atoms with van der Waals surface area (Å²) in [5.41, 5.74) is 5.01. The van der Waals surface area contributed by atoms with Crippen molar-refractivity contribution in [1.29, 1.82) is 0 Å². The third kappa shape index (κ3) is 4.18. The number of aryl methyl sites for hydroxylation is 3. The van der Waals surface area contributed by atoms with Gasteiger partial charge in [0.05, 0.1) is 11.4 Å². The van der Waals surface area contributed by atoms with Crippen LogP contribution in [0, 0.1) is 20.8 Å². The first-order chi connectivity index (χ1) is 13.9. The maximum atomic E-state index is 12.7. The molecule has 7 nitrogen and oxygen atoms in total. The van der Waals surface area contributed by atoms with Gasteiger partial charge in [-0.3, -0.25) is 9.59 Å². The summed E-state index contributed by atoms with van der Waals surface area (Å²) in [6, 6.07) is 13.1. The second-order valence-corrected chi connectivity index (χ2v) is 7.49. The molecule has 0 aliphatic heterocycles. The average molecular weight is 389 g/mol. The highest BCUT2D eigenvalue weighted by Gasteiger charge is 2.23. The van der Waals surface area contributed by atoms with Crippen molar-refractivity contribution in [1.82, 2.24) is 20.3 Å². The second kappa shape index (κ2) is 7.50. The molecule has 1 aromatic heterocycles. The molecule has 4 rings (SSSR count). The van der Waals surface area contributed by atoms with Gasteiger partial charge in [-0.15, -0.1) is 5.10 Å². The van der Waals surface area contributed by atoms with E-state index in [1.165, 1.54) is 4.80 Å². The van der Waals surface area contributed by atoms with E-state index in [2.05, 4.69) is 26.9 Å². The quantitative estimate of drug-likeness (QED) is 0.700. The number of hydrogen-bond acceptors (Lipinski definition) is 4. The number of aromatic nitrogens is 3. The third-order valence-electron chi connectivity index (χ3n) is 4.88. The van der Waals surface area contributed by atoms with Gasteiger partial charge in [-0.1, -0.05) is 17.7 Å². The van der Waals surface area contributed by atoms with E-state index in [4.69, 9.17) is 0 Å². The third-order valence-corrected chi connectivity index (χ3v) is 4.88. The lowest BCUT2D eigenvalue weighted by Gasteiger charge is -2.06. The maximum Gasteiger partial charge on any atom is 0.278 e. The highest BCUT2D eigenvalue weighted by atomic mass is 16.2. The van der Waals surface area contributed by atoms with Gasteiger partial charge in [-0.05, 0) is 69.5 Å². The second-order valence-electron chi connectivity index (χ2n) is 7.49. The van der Waals surface area contributed by atoms with Gasteiger partial charge in [0.15, 0.2) is 5.69 Å². The number of anilines is 1. The van der Waals surface area contributed by atoms with Crippen LogP contribution >= 0.6 is 0 Å². The summed E-state index contributed by atoms with van der Waals surface area (Å²) in [6.07, 6.45) is 2.09. The molecule has 148 valence electrons. The number of amides is 2. The van der Waals surface area contributed by atoms with E-state index in [1.807, 2.05) is 26.0 Å². The van der Waals surface area contributed by atoms with Crippen molar-refractivity contribution in [2.75, 3.05) is 5.32 Å². The van der Waals surface area contributed by atoms with Gasteiger partial charge in [0, 0.05) is 17.3 Å². The van der Waals surface area contributed by atoms with E-state index in [0.717, 1.165) is 29.7 Å². The highest BCUT2D eigenvalue weighted by molar-refractivity contribution is 6.04. The first-order valence-electron chi connectivity index (χ1n) is 9.64. The van der Waals surface area contributed by atoms with Crippen molar-refractivity contribution >= 4 is 17.5 Å². The molecule has 1 heterocycles. The Bertz CT molecular complexity index is 1080. The summed E-state index contributed by atoms with van der Waals surface area (Å²) < 4.78 is 0. The number of hydrogen-bond donors (Lipinski definition) is 2. The Kier molecular flexibility index (Phi) is 4.88. The monoisotopic (exact) mass is 389 g/mol. The van der Waals surface area contributed by atoms with Crippen LogP contribution in [-0.2, 0) is 0 Å². The molecule has 1 aliphatic rings. The van der Waals surface area contributed by atoms with Crippen LogP contribution in [0.15, 0.2) is 42.5 Å². The van der Waals surface area contributed by atoms with Crippen LogP contribution in [0.25, 0.3) is 5.69 Å². The minimum absolute atomic E-state index is 0.0855. The first kappa shape index (κ1) is 18.9. The smallest absolute Gasteiger partial charge is 0.278 e. The fourth-order valence-corrected chi connectivity index (χ4v) is 3.12. The van der Waals surface area contributed by atoms with E-state index in [0.29, 0.717) is 23.0 Å². The fraction of sp³-hybridized carbons (Fsp3) is 0.273. The van der Waals surface area contributed by atoms with Crippen molar-refractivity contribution in [2.24, 2.45) is 0 Å². The zero-order valence-corrected chi connectivity index (χ0v) is 16.7. The molecule has 2 N–H and O–H groups in total. The summed E-state index contributed by atoms with van der Waals surface area (Å²) >= 11 is 0. The molecule has 0 unspecified atom stereocenters. The van der Waals surface area contributed by atoms with Crippen molar-refractivity contribution in [3.8, 4) is 5.69 Å². The van der Waals surface area contributed by atoms with Crippen LogP contribution in [0.2, 0.25) is 0 Å². The lowest BCUT2D eigenvalue weighted by Crippen LogP contribution is -2.25. The predicted octanol–water partition coefficient (Wildman–Crippen LogP) is 3.34. The van der Waals surface area contributed by atoms with Crippen LogP contribution in [0.3, 0.4) is 0 Å². The SMILES string of the molecule is Cc1ccc(-n2nc(C)c(C(=O)Nc3ccc(C(=O)NC4CC4)cc3)n2)c(C)c1. The van der Waals surface area contributed by atoms with Crippen molar-refractivity contribution < 1.29 is 9.59 Å². The summed E-state index contributed by atoms with van der Waals surface area (Å²) in [5, 5.41) is 14.5. The van der Waals surface area contributed by atoms with Gasteiger partial charge >= 0.3 is 0 Å². The molecule has 2 amide bonds. The van der Waals surface area contributed by atoms with Gasteiger partial charge < -0.3 is 10.6 Å². The number of carbonyl (C=O) groups excluding carboxylic acids is 2. The normalized spacial score (nSPS) is 13.2. The number of carbonyl (C=O) groups is 2. The Morgan fingerprint density at radius 3 is 2.34 bits per heavy atom. The molecule has 29 heavy (non-hydrogen) atoms. The minimum Gasteiger partial charge on any atom is -0.349 e. The van der Waals surface area contributed by atoms with E-state index in [-0.39, 0.29) is 17.5 Å². The molecule has 0 radical (unpaired) electrons. The Labute approximate surface area is 169 Å². The molecule has 7 heteroatoms. The standard InChI is InChI=1S/C22H23N5O2/c1-13-4-11-19(14(2)12-13)27-25-15(3)20(26-27)22(29)24-17-7-5-16(6-8-17)21(28)23-18-9-10-18/h4-8,11-12,18H,9-10H2,1-3H3,(H,23,28)(H,24,29). The largest absolute Gasteiger partial charge is 0.349 e. The van der Waals surface area contributed by atoms with E-state index >= 15 is 0 Å². The lowest BCUT2D eigenvalue weighted by molar-refractivity contribution is 0.0950. The molecule has 1 saturated carbocycles. The Morgan fingerprint density at radius 1 is 0.966 bits per heavy atom.